The number of carbonyl (C=O) groups excluding carboxylic acids is 3. The zero-order valence-electron chi connectivity index (χ0n) is 12.3. The molecule has 11 heteroatoms. The highest BCUT2D eigenvalue weighted by atomic mass is 35.6. The third-order valence-corrected chi connectivity index (χ3v) is 3.45. The number of hydrogen-bond donors (Lipinski definition) is 2. The van der Waals surface area contributed by atoms with E-state index >= 15 is 0 Å². The van der Waals surface area contributed by atoms with Crippen molar-refractivity contribution in [2.24, 2.45) is 0 Å². The fraction of sp³-hybridized carbons (Fsp3) is 0.750. The van der Waals surface area contributed by atoms with E-state index in [-0.39, 0.29) is 13.2 Å². The van der Waals surface area contributed by atoms with Crippen LogP contribution < -0.4 is 5.32 Å². The SMILES string of the molecule is CC(=O)OC[C@H]1OC[C@H](NC(=O)C(Cl)(Cl)Cl)[C@@H](O)[C@H]1OC(C)=O. The van der Waals surface area contributed by atoms with Gasteiger partial charge < -0.3 is 24.6 Å². The van der Waals surface area contributed by atoms with Crippen LogP contribution in [0.4, 0.5) is 0 Å². The van der Waals surface area contributed by atoms with Crippen molar-refractivity contribution in [3.05, 3.63) is 0 Å². The average molecular weight is 393 g/mol. The maximum atomic E-state index is 11.7. The molecule has 0 aromatic heterocycles. The van der Waals surface area contributed by atoms with E-state index in [0.29, 0.717) is 0 Å². The lowest BCUT2D eigenvalue weighted by Gasteiger charge is -2.39. The smallest absolute Gasteiger partial charge is 0.303 e. The number of alkyl halides is 3. The second kappa shape index (κ2) is 8.34. The van der Waals surface area contributed by atoms with E-state index < -0.39 is 46.0 Å². The average Bonchev–Trinajstić information content (AvgIpc) is 2.40. The van der Waals surface area contributed by atoms with Crippen LogP contribution in [0.3, 0.4) is 0 Å². The molecule has 1 rings (SSSR count). The molecule has 132 valence electrons. The lowest BCUT2D eigenvalue weighted by molar-refractivity contribution is -0.196. The molecule has 2 N–H and O–H groups in total. The Bertz CT molecular complexity index is 468. The van der Waals surface area contributed by atoms with Gasteiger partial charge >= 0.3 is 11.9 Å². The largest absolute Gasteiger partial charge is 0.463 e. The molecule has 8 nitrogen and oxygen atoms in total. The van der Waals surface area contributed by atoms with Crippen molar-refractivity contribution in [2.45, 2.75) is 42.0 Å². The summed E-state index contributed by atoms with van der Waals surface area (Å²) in [5.74, 6) is -2.20. The highest BCUT2D eigenvalue weighted by Gasteiger charge is 2.44. The van der Waals surface area contributed by atoms with Gasteiger partial charge in [-0.1, -0.05) is 34.8 Å². The Kier molecular flexibility index (Phi) is 7.34. The summed E-state index contributed by atoms with van der Waals surface area (Å²) < 4.78 is 12.9. The zero-order chi connectivity index (χ0) is 17.8. The van der Waals surface area contributed by atoms with Gasteiger partial charge in [-0.2, -0.15) is 0 Å². The van der Waals surface area contributed by atoms with Gasteiger partial charge in [0.2, 0.25) is 0 Å². The van der Waals surface area contributed by atoms with Crippen LogP contribution in [-0.4, -0.2) is 64.3 Å². The molecule has 0 bridgehead atoms. The third-order valence-electron chi connectivity index (χ3n) is 2.93. The summed E-state index contributed by atoms with van der Waals surface area (Å²) in [6.45, 7) is 1.95. The maximum absolute atomic E-state index is 11.7. The van der Waals surface area contributed by atoms with Crippen LogP contribution in [0.25, 0.3) is 0 Å². The van der Waals surface area contributed by atoms with Crippen molar-refractivity contribution in [2.75, 3.05) is 13.2 Å². The Hall–Kier alpha value is -0.800. The maximum Gasteiger partial charge on any atom is 0.303 e. The van der Waals surface area contributed by atoms with Gasteiger partial charge in [0.1, 0.15) is 18.8 Å². The lowest BCUT2D eigenvalue weighted by Crippen LogP contribution is -2.62. The van der Waals surface area contributed by atoms with Gasteiger partial charge in [-0.15, -0.1) is 0 Å². The standard InChI is InChI=1S/C12H16Cl3NO7/c1-5(17)21-4-8-10(23-6(2)18)9(19)7(3-22-8)16-11(20)12(13,14)15/h7-10,19H,3-4H2,1-2H3,(H,16,20)/t7-,8+,9+,10-/m0/s1. The normalized spacial score (nSPS) is 27.9. The minimum Gasteiger partial charge on any atom is -0.463 e. The van der Waals surface area contributed by atoms with Crippen LogP contribution in [0.15, 0.2) is 0 Å². The molecule has 0 unspecified atom stereocenters. The van der Waals surface area contributed by atoms with Gasteiger partial charge in [0.05, 0.1) is 12.6 Å². The van der Waals surface area contributed by atoms with E-state index in [0.717, 1.165) is 6.92 Å². The van der Waals surface area contributed by atoms with Crippen LogP contribution in [0.2, 0.25) is 0 Å². The van der Waals surface area contributed by atoms with Crippen molar-refractivity contribution < 1.29 is 33.7 Å². The first-order chi connectivity index (χ1) is 10.5. The number of rotatable bonds is 4. The molecule has 0 aromatic carbocycles. The molecule has 1 aliphatic rings. The fourth-order valence-corrected chi connectivity index (χ4v) is 2.09. The van der Waals surface area contributed by atoms with Crippen LogP contribution in [0.1, 0.15) is 13.8 Å². The molecule has 0 saturated carbocycles. The summed E-state index contributed by atoms with van der Waals surface area (Å²) in [6, 6.07) is -0.976. The van der Waals surface area contributed by atoms with Crippen molar-refractivity contribution in [1.29, 1.82) is 0 Å². The van der Waals surface area contributed by atoms with Gasteiger partial charge in [0.15, 0.2) is 6.10 Å². The van der Waals surface area contributed by atoms with Crippen LogP contribution in [-0.2, 0) is 28.6 Å². The number of halogens is 3. The molecule has 1 amide bonds. The van der Waals surface area contributed by atoms with Crippen LogP contribution in [0.5, 0.6) is 0 Å². The van der Waals surface area contributed by atoms with Gasteiger partial charge in [0.25, 0.3) is 9.70 Å². The molecule has 23 heavy (non-hydrogen) atoms. The number of carbonyl (C=O) groups is 3. The molecule has 0 aromatic rings. The Labute approximate surface area is 147 Å². The number of ether oxygens (including phenoxy) is 3. The Balaban J connectivity index is 2.79. The summed E-state index contributed by atoms with van der Waals surface area (Å²) >= 11 is 16.3. The molecule has 4 atom stereocenters. The van der Waals surface area contributed by atoms with Crippen molar-refractivity contribution in [3.8, 4) is 0 Å². The molecule has 0 spiro atoms. The number of nitrogens with one attached hydrogen (secondary N) is 1. The summed E-state index contributed by atoms with van der Waals surface area (Å²) in [5, 5.41) is 12.6. The van der Waals surface area contributed by atoms with Gasteiger partial charge in [-0.3, -0.25) is 14.4 Å². The predicted molar refractivity (Wildman–Crippen MR) is 80.2 cm³/mol. The molecule has 1 saturated heterocycles. The summed E-state index contributed by atoms with van der Waals surface area (Å²) in [4.78, 5) is 33.7. The van der Waals surface area contributed by atoms with Crippen LogP contribution >= 0.6 is 34.8 Å². The van der Waals surface area contributed by atoms with E-state index in [4.69, 9.17) is 49.0 Å². The van der Waals surface area contributed by atoms with E-state index in [1.165, 1.54) is 6.92 Å². The quantitative estimate of drug-likeness (QED) is 0.515. The van der Waals surface area contributed by atoms with Gasteiger partial charge in [-0.25, -0.2) is 0 Å². The lowest BCUT2D eigenvalue weighted by atomic mass is 9.98. The summed E-state index contributed by atoms with van der Waals surface area (Å²) in [7, 11) is 0. The third kappa shape index (κ3) is 6.31. The molecule has 1 heterocycles. The van der Waals surface area contributed by atoms with E-state index in [9.17, 15) is 19.5 Å². The number of aliphatic hydroxyl groups is 1. The van der Waals surface area contributed by atoms with Crippen molar-refractivity contribution >= 4 is 52.6 Å². The Morgan fingerprint density at radius 1 is 1.26 bits per heavy atom. The number of hydrogen-bond acceptors (Lipinski definition) is 7. The summed E-state index contributed by atoms with van der Waals surface area (Å²) in [5.41, 5.74) is 0. The Morgan fingerprint density at radius 3 is 2.35 bits per heavy atom. The first-order valence-corrected chi connectivity index (χ1v) is 7.63. The monoisotopic (exact) mass is 391 g/mol. The zero-order valence-corrected chi connectivity index (χ0v) is 14.5. The Morgan fingerprint density at radius 2 is 1.87 bits per heavy atom. The number of amides is 1. The minimum atomic E-state index is -2.22. The number of esters is 2. The highest BCUT2D eigenvalue weighted by molar-refractivity contribution is 6.76. The van der Waals surface area contributed by atoms with E-state index in [1.54, 1.807) is 0 Å². The number of aliphatic hydroxyl groups excluding tert-OH is 1. The van der Waals surface area contributed by atoms with Crippen LogP contribution in [0, 0.1) is 0 Å². The second-order valence-electron chi connectivity index (χ2n) is 4.82. The van der Waals surface area contributed by atoms with Crippen molar-refractivity contribution in [1.82, 2.24) is 5.32 Å². The van der Waals surface area contributed by atoms with E-state index in [2.05, 4.69) is 5.32 Å². The molecule has 1 aliphatic heterocycles. The molecule has 0 aliphatic carbocycles. The molecular weight excluding hydrogens is 376 g/mol. The highest BCUT2D eigenvalue weighted by Crippen LogP contribution is 2.27. The topological polar surface area (TPSA) is 111 Å². The fourth-order valence-electron chi connectivity index (χ4n) is 1.93. The first kappa shape index (κ1) is 20.2. The van der Waals surface area contributed by atoms with E-state index in [1.807, 2.05) is 0 Å². The first-order valence-electron chi connectivity index (χ1n) is 6.50. The van der Waals surface area contributed by atoms with Gasteiger partial charge in [0, 0.05) is 13.8 Å². The van der Waals surface area contributed by atoms with Gasteiger partial charge in [-0.05, 0) is 0 Å². The van der Waals surface area contributed by atoms with Crippen molar-refractivity contribution in [3.63, 3.8) is 0 Å². The summed E-state index contributed by atoms with van der Waals surface area (Å²) in [6.07, 6.45) is -3.40. The molecular formula is C12H16Cl3NO7. The molecule has 1 fully saturated rings. The second-order valence-corrected chi connectivity index (χ2v) is 7.10. The predicted octanol–water partition coefficient (Wildman–Crippen LogP) is 0.0959. The minimum absolute atomic E-state index is 0.155. The molecule has 0 radical (unpaired) electrons.